The molecule has 2 aromatic heterocycles. The molecule has 0 aliphatic carbocycles. The molecule has 0 fully saturated rings. The SMILES string of the molecule is Clc1cccc(-n2cnc(-c3ccccn3)c2)c1. The fraction of sp³-hybridized carbons (Fsp3) is 0. The van der Waals surface area contributed by atoms with Gasteiger partial charge in [0.2, 0.25) is 0 Å². The Morgan fingerprint density at radius 3 is 2.67 bits per heavy atom. The van der Waals surface area contributed by atoms with Gasteiger partial charge in [-0.05, 0) is 30.3 Å². The molecule has 2 heterocycles. The predicted octanol–water partition coefficient (Wildman–Crippen LogP) is 3.59. The van der Waals surface area contributed by atoms with Crippen LogP contribution in [0.25, 0.3) is 17.1 Å². The first-order valence-electron chi connectivity index (χ1n) is 5.54. The lowest BCUT2D eigenvalue weighted by molar-refractivity contribution is 1.06. The highest BCUT2D eigenvalue weighted by Gasteiger charge is 2.04. The van der Waals surface area contributed by atoms with E-state index in [9.17, 15) is 0 Å². The van der Waals surface area contributed by atoms with Crippen LogP contribution in [-0.4, -0.2) is 14.5 Å². The Hall–Kier alpha value is -2.13. The van der Waals surface area contributed by atoms with Crippen molar-refractivity contribution >= 4 is 11.6 Å². The van der Waals surface area contributed by atoms with E-state index in [0.717, 1.165) is 17.1 Å². The maximum absolute atomic E-state index is 5.97. The van der Waals surface area contributed by atoms with Crippen LogP contribution < -0.4 is 0 Å². The number of imidazole rings is 1. The van der Waals surface area contributed by atoms with Crippen LogP contribution in [-0.2, 0) is 0 Å². The second kappa shape index (κ2) is 4.63. The average molecular weight is 256 g/mol. The molecular formula is C14H10ClN3. The van der Waals surface area contributed by atoms with Crippen LogP contribution in [0.4, 0.5) is 0 Å². The quantitative estimate of drug-likeness (QED) is 0.701. The summed E-state index contributed by atoms with van der Waals surface area (Å²) in [5, 5.41) is 0.709. The van der Waals surface area contributed by atoms with Crippen LogP contribution in [0.15, 0.2) is 61.2 Å². The van der Waals surface area contributed by atoms with Crippen molar-refractivity contribution in [2.24, 2.45) is 0 Å². The van der Waals surface area contributed by atoms with Crippen molar-refractivity contribution in [3.63, 3.8) is 0 Å². The molecule has 88 valence electrons. The molecule has 0 atom stereocenters. The summed E-state index contributed by atoms with van der Waals surface area (Å²) < 4.78 is 1.93. The standard InChI is InChI=1S/C14H10ClN3/c15-11-4-3-5-12(8-11)18-9-14(17-10-18)13-6-1-2-7-16-13/h1-10H. The lowest BCUT2D eigenvalue weighted by Gasteiger charge is -2.01. The largest absolute Gasteiger partial charge is 0.306 e. The molecule has 4 heteroatoms. The van der Waals surface area contributed by atoms with E-state index in [-0.39, 0.29) is 0 Å². The van der Waals surface area contributed by atoms with E-state index in [2.05, 4.69) is 9.97 Å². The van der Waals surface area contributed by atoms with E-state index < -0.39 is 0 Å². The van der Waals surface area contributed by atoms with Gasteiger partial charge in [0.05, 0.1) is 12.0 Å². The molecule has 3 rings (SSSR count). The summed E-state index contributed by atoms with van der Waals surface area (Å²) in [7, 11) is 0. The van der Waals surface area contributed by atoms with E-state index in [0.29, 0.717) is 5.02 Å². The van der Waals surface area contributed by atoms with Crippen LogP contribution in [0, 0.1) is 0 Å². The first-order chi connectivity index (χ1) is 8.83. The van der Waals surface area contributed by atoms with Crippen molar-refractivity contribution in [3.05, 3.63) is 66.2 Å². The molecule has 0 aliphatic rings. The number of benzene rings is 1. The van der Waals surface area contributed by atoms with Gasteiger partial charge >= 0.3 is 0 Å². The number of hydrogen-bond acceptors (Lipinski definition) is 2. The number of halogens is 1. The zero-order valence-corrected chi connectivity index (χ0v) is 10.2. The number of hydrogen-bond donors (Lipinski definition) is 0. The van der Waals surface area contributed by atoms with Crippen molar-refractivity contribution in [1.82, 2.24) is 14.5 Å². The molecule has 1 aromatic carbocycles. The Balaban J connectivity index is 2.00. The lowest BCUT2D eigenvalue weighted by atomic mass is 10.3. The maximum Gasteiger partial charge on any atom is 0.107 e. The third-order valence-electron chi connectivity index (χ3n) is 2.62. The Kier molecular flexibility index (Phi) is 2.82. The van der Waals surface area contributed by atoms with Crippen molar-refractivity contribution in [2.75, 3.05) is 0 Å². The summed E-state index contributed by atoms with van der Waals surface area (Å²) in [6.45, 7) is 0. The molecule has 18 heavy (non-hydrogen) atoms. The highest BCUT2D eigenvalue weighted by atomic mass is 35.5. The zero-order valence-electron chi connectivity index (χ0n) is 9.49. The molecular weight excluding hydrogens is 246 g/mol. The molecule has 0 bridgehead atoms. The highest BCUT2D eigenvalue weighted by molar-refractivity contribution is 6.30. The van der Waals surface area contributed by atoms with E-state index in [4.69, 9.17) is 11.6 Å². The molecule has 0 amide bonds. The predicted molar refractivity (Wildman–Crippen MR) is 71.8 cm³/mol. The van der Waals surface area contributed by atoms with Gasteiger partial charge in [-0.1, -0.05) is 23.7 Å². The van der Waals surface area contributed by atoms with E-state index in [1.807, 2.05) is 53.2 Å². The van der Waals surface area contributed by atoms with Gasteiger partial charge in [0.25, 0.3) is 0 Å². The van der Waals surface area contributed by atoms with Crippen molar-refractivity contribution in [3.8, 4) is 17.1 Å². The van der Waals surface area contributed by atoms with Crippen LogP contribution in [0.3, 0.4) is 0 Å². The Labute approximate surface area is 110 Å². The Morgan fingerprint density at radius 1 is 0.944 bits per heavy atom. The normalized spacial score (nSPS) is 10.5. The minimum Gasteiger partial charge on any atom is -0.306 e. The first kappa shape index (κ1) is 11.0. The molecule has 0 radical (unpaired) electrons. The van der Waals surface area contributed by atoms with Crippen molar-refractivity contribution < 1.29 is 0 Å². The summed E-state index contributed by atoms with van der Waals surface area (Å²) in [6.07, 6.45) is 5.46. The van der Waals surface area contributed by atoms with Gasteiger partial charge in [0.15, 0.2) is 0 Å². The topological polar surface area (TPSA) is 30.7 Å². The number of nitrogens with zero attached hydrogens (tertiary/aromatic N) is 3. The number of pyridine rings is 1. The fourth-order valence-corrected chi connectivity index (χ4v) is 1.93. The minimum absolute atomic E-state index is 0.709. The smallest absolute Gasteiger partial charge is 0.107 e. The van der Waals surface area contributed by atoms with Gasteiger partial charge in [0.1, 0.15) is 5.69 Å². The van der Waals surface area contributed by atoms with E-state index >= 15 is 0 Å². The summed E-state index contributed by atoms with van der Waals surface area (Å²) in [5.41, 5.74) is 2.69. The monoisotopic (exact) mass is 255 g/mol. The molecule has 0 saturated carbocycles. The minimum atomic E-state index is 0.709. The van der Waals surface area contributed by atoms with Gasteiger partial charge in [-0.2, -0.15) is 0 Å². The number of aromatic nitrogens is 3. The summed E-state index contributed by atoms with van der Waals surface area (Å²) >= 11 is 5.97. The zero-order chi connectivity index (χ0) is 12.4. The molecule has 3 nitrogen and oxygen atoms in total. The van der Waals surface area contributed by atoms with Crippen molar-refractivity contribution in [1.29, 1.82) is 0 Å². The summed E-state index contributed by atoms with van der Waals surface area (Å²) in [4.78, 5) is 8.62. The fourth-order valence-electron chi connectivity index (χ4n) is 1.75. The van der Waals surface area contributed by atoms with Crippen LogP contribution in [0.5, 0.6) is 0 Å². The molecule has 3 aromatic rings. The summed E-state index contributed by atoms with van der Waals surface area (Å²) in [6, 6.07) is 13.4. The van der Waals surface area contributed by atoms with Gasteiger partial charge < -0.3 is 4.57 Å². The number of rotatable bonds is 2. The second-order valence-corrected chi connectivity index (χ2v) is 4.30. The molecule has 0 N–H and O–H groups in total. The van der Waals surface area contributed by atoms with Crippen LogP contribution >= 0.6 is 11.6 Å². The third-order valence-corrected chi connectivity index (χ3v) is 2.85. The van der Waals surface area contributed by atoms with Gasteiger partial charge in [0, 0.05) is 23.1 Å². The van der Waals surface area contributed by atoms with Crippen molar-refractivity contribution in [2.45, 2.75) is 0 Å². The average Bonchev–Trinajstić information content (AvgIpc) is 2.89. The van der Waals surface area contributed by atoms with Crippen LogP contribution in [0.1, 0.15) is 0 Å². The van der Waals surface area contributed by atoms with E-state index in [1.165, 1.54) is 0 Å². The molecule has 0 unspecified atom stereocenters. The second-order valence-electron chi connectivity index (χ2n) is 3.86. The first-order valence-corrected chi connectivity index (χ1v) is 5.92. The maximum atomic E-state index is 5.97. The third kappa shape index (κ3) is 2.13. The van der Waals surface area contributed by atoms with Gasteiger partial charge in [-0.15, -0.1) is 0 Å². The lowest BCUT2D eigenvalue weighted by Crippen LogP contribution is -1.88. The Morgan fingerprint density at radius 2 is 1.89 bits per heavy atom. The Bertz CT molecular complexity index is 662. The van der Waals surface area contributed by atoms with Crippen LogP contribution in [0.2, 0.25) is 5.02 Å². The van der Waals surface area contributed by atoms with Gasteiger partial charge in [-0.25, -0.2) is 4.98 Å². The molecule has 0 spiro atoms. The molecule has 0 saturated heterocycles. The summed E-state index contributed by atoms with van der Waals surface area (Å²) in [5.74, 6) is 0. The van der Waals surface area contributed by atoms with E-state index in [1.54, 1.807) is 12.5 Å². The molecule has 0 aliphatic heterocycles. The van der Waals surface area contributed by atoms with Gasteiger partial charge in [-0.3, -0.25) is 4.98 Å². The highest BCUT2D eigenvalue weighted by Crippen LogP contribution is 2.18.